The molecule has 1 aromatic rings. The maximum atomic E-state index is 10.9. The minimum Gasteiger partial charge on any atom is -0.492 e. The van der Waals surface area contributed by atoms with Crippen LogP contribution in [0, 0.1) is 0 Å². The fourth-order valence-electron chi connectivity index (χ4n) is 1.29. The lowest BCUT2D eigenvalue weighted by Gasteiger charge is -2.09. The van der Waals surface area contributed by atoms with E-state index in [1.165, 1.54) is 6.92 Å². The van der Waals surface area contributed by atoms with E-state index in [0.29, 0.717) is 30.5 Å². The molecule has 6 nitrogen and oxygen atoms in total. The zero-order valence-electron chi connectivity index (χ0n) is 11.0. The first-order valence-electron chi connectivity index (χ1n) is 5.58. The lowest BCUT2D eigenvalue weighted by atomic mass is 10.3. The van der Waals surface area contributed by atoms with Crippen molar-refractivity contribution in [2.24, 2.45) is 10.7 Å². The molecule has 0 radical (unpaired) electrons. The summed E-state index contributed by atoms with van der Waals surface area (Å²) in [5.74, 6) is 0.960. The lowest BCUT2D eigenvalue weighted by molar-refractivity contribution is -0.114. The molecule has 0 aliphatic heterocycles. The number of amides is 1. The molecule has 1 aromatic carbocycles. The zero-order chi connectivity index (χ0) is 13.4. The summed E-state index contributed by atoms with van der Waals surface area (Å²) in [5, 5.41) is 5.57. The number of ether oxygens (including phenoxy) is 1. The van der Waals surface area contributed by atoms with Crippen molar-refractivity contribution in [2.75, 3.05) is 25.5 Å². The maximum absolute atomic E-state index is 10.9. The van der Waals surface area contributed by atoms with E-state index in [4.69, 9.17) is 10.5 Å². The zero-order valence-corrected chi connectivity index (χ0v) is 13.3. The van der Waals surface area contributed by atoms with E-state index >= 15 is 0 Å². The van der Waals surface area contributed by atoms with E-state index in [1.807, 2.05) is 12.1 Å². The Morgan fingerprint density at radius 2 is 2.21 bits per heavy atom. The molecule has 4 N–H and O–H groups in total. The quantitative estimate of drug-likeness (QED) is 0.311. The van der Waals surface area contributed by atoms with E-state index in [2.05, 4.69) is 15.6 Å². The number of halogens is 1. The number of nitrogens with one attached hydrogen (secondary N) is 2. The molecule has 0 bridgehead atoms. The third kappa shape index (κ3) is 7.50. The van der Waals surface area contributed by atoms with Gasteiger partial charge in [-0.3, -0.25) is 9.79 Å². The smallest absolute Gasteiger partial charge is 0.221 e. The first-order chi connectivity index (χ1) is 8.61. The Balaban J connectivity index is 0.00000324. The second-order valence-corrected chi connectivity index (χ2v) is 3.59. The number of hydrogen-bond donors (Lipinski definition) is 3. The third-order valence-electron chi connectivity index (χ3n) is 2.07. The van der Waals surface area contributed by atoms with Crippen LogP contribution in [0.25, 0.3) is 0 Å². The minimum absolute atomic E-state index is 0. The SMILES string of the molecule is CN=C(N)NCCOc1cccc(NC(C)=O)c1.I. The van der Waals surface area contributed by atoms with Crippen LogP contribution < -0.4 is 21.1 Å². The molecule has 1 amide bonds. The van der Waals surface area contributed by atoms with Crippen LogP contribution in [-0.2, 0) is 4.79 Å². The largest absolute Gasteiger partial charge is 0.492 e. The van der Waals surface area contributed by atoms with E-state index in [1.54, 1.807) is 19.2 Å². The van der Waals surface area contributed by atoms with Gasteiger partial charge in [0.1, 0.15) is 12.4 Å². The van der Waals surface area contributed by atoms with Gasteiger partial charge in [-0.15, -0.1) is 24.0 Å². The van der Waals surface area contributed by atoms with Crippen LogP contribution in [0.15, 0.2) is 29.3 Å². The Labute approximate surface area is 129 Å². The molecule has 106 valence electrons. The van der Waals surface area contributed by atoms with E-state index < -0.39 is 0 Å². The van der Waals surface area contributed by atoms with Gasteiger partial charge in [0, 0.05) is 25.7 Å². The van der Waals surface area contributed by atoms with Gasteiger partial charge >= 0.3 is 0 Å². The van der Waals surface area contributed by atoms with Crippen molar-refractivity contribution in [3.05, 3.63) is 24.3 Å². The van der Waals surface area contributed by atoms with Gasteiger partial charge in [-0.1, -0.05) is 6.07 Å². The predicted molar refractivity (Wildman–Crippen MR) is 87.2 cm³/mol. The van der Waals surface area contributed by atoms with Crippen molar-refractivity contribution in [1.29, 1.82) is 0 Å². The molecule has 0 spiro atoms. The molecule has 0 saturated heterocycles. The predicted octanol–water partition coefficient (Wildman–Crippen LogP) is 1.18. The molecule has 1 rings (SSSR count). The Morgan fingerprint density at radius 1 is 1.47 bits per heavy atom. The van der Waals surface area contributed by atoms with Crippen molar-refractivity contribution in [1.82, 2.24) is 5.32 Å². The van der Waals surface area contributed by atoms with E-state index in [-0.39, 0.29) is 29.9 Å². The molecule has 7 heteroatoms. The van der Waals surface area contributed by atoms with Gasteiger partial charge in [0.15, 0.2) is 5.96 Å². The number of benzene rings is 1. The Kier molecular flexibility index (Phi) is 8.68. The summed E-state index contributed by atoms with van der Waals surface area (Å²) in [6.07, 6.45) is 0. The number of guanidine groups is 1. The van der Waals surface area contributed by atoms with Gasteiger partial charge in [-0.05, 0) is 12.1 Å². The van der Waals surface area contributed by atoms with Crippen LogP contribution in [0.5, 0.6) is 5.75 Å². The standard InChI is InChI=1S/C12H18N4O2.HI/c1-9(17)16-10-4-3-5-11(8-10)18-7-6-15-12(13)14-2;/h3-5,8H,6-7H2,1-2H3,(H,16,17)(H3,13,14,15);1H. The second-order valence-electron chi connectivity index (χ2n) is 3.59. The number of nitrogens with two attached hydrogens (primary N) is 1. The molecule has 0 heterocycles. The molecule has 0 aromatic heterocycles. The molecule has 0 atom stereocenters. The average Bonchev–Trinajstić information content (AvgIpc) is 2.34. The first kappa shape index (κ1) is 17.5. The highest BCUT2D eigenvalue weighted by molar-refractivity contribution is 14.0. The maximum Gasteiger partial charge on any atom is 0.221 e. The molecule has 0 aliphatic rings. The number of aliphatic imine (C=N–C) groups is 1. The number of carbonyl (C=O) groups is 1. The van der Waals surface area contributed by atoms with Crippen molar-refractivity contribution in [3.63, 3.8) is 0 Å². The monoisotopic (exact) mass is 378 g/mol. The normalized spacial score (nSPS) is 10.3. The highest BCUT2D eigenvalue weighted by atomic mass is 127. The van der Waals surface area contributed by atoms with Gasteiger partial charge in [0.05, 0.1) is 6.54 Å². The van der Waals surface area contributed by atoms with Gasteiger partial charge in [-0.25, -0.2) is 0 Å². The summed E-state index contributed by atoms with van der Waals surface area (Å²) in [5.41, 5.74) is 6.18. The highest BCUT2D eigenvalue weighted by Crippen LogP contribution is 2.16. The van der Waals surface area contributed by atoms with Crippen molar-refractivity contribution in [2.45, 2.75) is 6.92 Å². The molecular weight excluding hydrogens is 359 g/mol. The summed E-state index contributed by atoms with van der Waals surface area (Å²) in [7, 11) is 1.61. The number of rotatable bonds is 5. The Bertz CT molecular complexity index is 437. The Hall–Kier alpha value is -1.51. The number of nitrogens with zero attached hydrogens (tertiary/aromatic N) is 1. The molecule has 19 heavy (non-hydrogen) atoms. The topological polar surface area (TPSA) is 88.7 Å². The van der Waals surface area contributed by atoms with Crippen LogP contribution in [0.1, 0.15) is 6.92 Å². The lowest BCUT2D eigenvalue weighted by Crippen LogP contribution is -2.34. The van der Waals surface area contributed by atoms with Gasteiger partial charge in [0.25, 0.3) is 0 Å². The molecule has 0 saturated carbocycles. The highest BCUT2D eigenvalue weighted by Gasteiger charge is 1.98. The summed E-state index contributed by atoms with van der Waals surface area (Å²) in [4.78, 5) is 14.7. The molecule has 0 unspecified atom stereocenters. The third-order valence-corrected chi connectivity index (χ3v) is 2.07. The van der Waals surface area contributed by atoms with E-state index in [0.717, 1.165) is 0 Å². The number of hydrogen-bond acceptors (Lipinski definition) is 3. The van der Waals surface area contributed by atoms with Crippen LogP contribution in [0.4, 0.5) is 5.69 Å². The van der Waals surface area contributed by atoms with Crippen molar-refractivity contribution >= 4 is 41.5 Å². The average molecular weight is 378 g/mol. The summed E-state index contributed by atoms with van der Waals surface area (Å²) in [6.45, 7) is 2.48. The van der Waals surface area contributed by atoms with E-state index in [9.17, 15) is 4.79 Å². The minimum atomic E-state index is -0.110. The van der Waals surface area contributed by atoms with Crippen molar-refractivity contribution in [3.8, 4) is 5.75 Å². The summed E-state index contributed by atoms with van der Waals surface area (Å²) >= 11 is 0. The summed E-state index contributed by atoms with van der Waals surface area (Å²) in [6, 6.07) is 7.20. The van der Waals surface area contributed by atoms with Crippen LogP contribution in [0.3, 0.4) is 0 Å². The van der Waals surface area contributed by atoms with Gasteiger partial charge < -0.3 is 21.1 Å². The summed E-state index contributed by atoms with van der Waals surface area (Å²) < 4.78 is 5.50. The fraction of sp³-hybridized carbons (Fsp3) is 0.333. The molecular formula is C12H19IN4O2. The first-order valence-corrected chi connectivity index (χ1v) is 5.58. The molecule has 0 fully saturated rings. The molecule has 0 aliphatic carbocycles. The van der Waals surface area contributed by atoms with Crippen LogP contribution >= 0.6 is 24.0 Å². The van der Waals surface area contributed by atoms with Gasteiger partial charge in [-0.2, -0.15) is 0 Å². The van der Waals surface area contributed by atoms with Crippen LogP contribution in [-0.4, -0.2) is 32.1 Å². The van der Waals surface area contributed by atoms with Crippen LogP contribution in [0.2, 0.25) is 0 Å². The Morgan fingerprint density at radius 3 is 2.84 bits per heavy atom. The number of anilines is 1. The fourth-order valence-corrected chi connectivity index (χ4v) is 1.29. The number of carbonyl (C=O) groups excluding carboxylic acids is 1. The van der Waals surface area contributed by atoms with Gasteiger partial charge in [0.2, 0.25) is 5.91 Å². The van der Waals surface area contributed by atoms with Crippen molar-refractivity contribution < 1.29 is 9.53 Å². The second kappa shape index (κ2) is 9.42.